The quantitative estimate of drug-likeness (QED) is 0.788. The first-order chi connectivity index (χ1) is 9.02. The van der Waals surface area contributed by atoms with Crippen LogP contribution in [0.4, 0.5) is 10.3 Å². The van der Waals surface area contributed by atoms with Gasteiger partial charge in [0.15, 0.2) is 16.5 Å². The van der Waals surface area contributed by atoms with E-state index < -0.39 is 18.5 Å². The van der Waals surface area contributed by atoms with Gasteiger partial charge in [-0.3, -0.25) is 4.57 Å². The second-order valence-corrected chi connectivity index (χ2v) is 4.83. The van der Waals surface area contributed by atoms with Gasteiger partial charge in [0.25, 0.3) is 0 Å². The molecule has 3 rings (SSSR count). The number of nitrogen functional groups attached to an aromatic ring is 1. The van der Waals surface area contributed by atoms with Crippen molar-refractivity contribution in [3.05, 3.63) is 11.5 Å². The Morgan fingerprint density at radius 1 is 1.63 bits per heavy atom. The highest BCUT2D eigenvalue weighted by Crippen LogP contribution is 2.35. The van der Waals surface area contributed by atoms with Crippen molar-refractivity contribution in [2.45, 2.75) is 18.3 Å². The first-order valence-corrected chi connectivity index (χ1v) is 5.97. The number of nitrogens with zero attached hydrogens (tertiary/aromatic N) is 4. The van der Waals surface area contributed by atoms with Crippen LogP contribution in [-0.2, 0) is 4.74 Å². The molecule has 102 valence electrons. The van der Waals surface area contributed by atoms with Gasteiger partial charge in [0, 0.05) is 6.42 Å². The third-order valence-corrected chi connectivity index (χ3v) is 3.33. The van der Waals surface area contributed by atoms with Crippen molar-refractivity contribution in [3.8, 4) is 0 Å². The van der Waals surface area contributed by atoms with Crippen LogP contribution < -0.4 is 5.73 Å². The van der Waals surface area contributed by atoms with E-state index in [-0.39, 0.29) is 24.1 Å². The molecule has 2 aromatic heterocycles. The number of rotatable bonds is 2. The maximum absolute atomic E-state index is 14.0. The van der Waals surface area contributed by atoms with Crippen molar-refractivity contribution in [1.82, 2.24) is 19.5 Å². The number of aliphatic hydroxyl groups excluding tert-OH is 1. The molecule has 9 heteroatoms. The highest BCUT2D eigenvalue weighted by atomic mass is 35.5. The van der Waals surface area contributed by atoms with Crippen molar-refractivity contribution in [2.75, 3.05) is 18.9 Å². The van der Waals surface area contributed by atoms with Gasteiger partial charge in [0.05, 0.1) is 19.5 Å². The molecule has 1 aliphatic rings. The van der Waals surface area contributed by atoms with E-state index in [0.717, 1.165) is 0 Å². The maximum Gasteiger partial charge on any atom is 0.223 e. The highest BCUT2D eigenvalue weighted by molar-refractivity contribution is 6.33. The highest BCUT2D eigenvalue weighted by Gasteiger charge is 2.41. The van der Waals surface area contributed by atoms with Crippen LogP contribution in [0.5, 0.6) is 0 Å². The summed E-state index contributed by atoms with van der Waals surface area (Å²) in [5.41, 5.74) is 4.54. The number of fused-ring (bicyclic) bond motifs is 1. The lowest BCUT2D eigenvalue weighted by Crippen LogP contribution is -2.27. The van der Waals surface area contributed by atoms with Crippen LogP contribution in [0, 0.1) is 0 Å². The van der Waals surface area contributed by atoms with Crippen LogP contribution in [-0.4, -0.2) is 43.5 Å². The van der Waals surface area contributed by atoms with Crippen LogP contribution in [0.1, 0.15) is 12.6 Å². The number of anilines is 1. The molecule has 0 aromatic carbocycles. The maximum atomic E-state index is 14.0. The predicted molar refractivity (Wildman–Crippen MR) is 65.3 cm³/mol. The number of hydrogen-bond acceptors (Lipinski definition) is 6. The lowest BCUT2D eigenvalue weighted by Gasteiger charge is -2.14. The largest absolute Gasteiger partial charge is 0.393 e. The number of alkyl halides is 1. The molecule has 0 radical (unpaired) electrons. The number of imidazole rings is 1. The fourth-order valence-corrected chi connectivity index (χ4v) is 2.29. The predicted octanol–water partition coefficient (Wildman–Crippen LogP) is 0.681. The van der Waals surface area contributed by atoms with E-state index in [4.69, 9.17) is 27.2 Å². The summed E-state index contributed by atoms with van der Waals surface area (Å²) in [4.78, 5) is 11.9. The standard InChI is InChI=1S/C10H11ClFN5O2/c11-7-6-8(16-9(13)15-7)17(4-14-6)5-1-10(12,2-18)3-19-5/h4-5,18H,1-3H2,(H2,13,15,16)/t5-,10-/m1/s1. The van der Waals surface area contributed by atoms with Crippen molar-refractivity contribution in [2.24, 2.45) is 0 Å². The Balaban J connectivity index is 2.03. The van der Waals surface area contributed by atoms with Crippen LogP contribution in [0.2, 0.25) is 5.15 Å². The molecule has 7 nitrogen and oxygen atoms in total. The lowest BCUT2D eigenvalue weighted by molar-refractivity contribution is 0.0302. The smallest absolute Gasteiger partial charge is 0.223 e. The summed E-state index contributed by atoms with van der Waals surface area (Å²) in [6, 6.07) is 0. The van der Waals surface area contributed by atoms with E-state index in [1.54, 1.807) is 0 Å². The zero-order valence-electron chi connectivity index (χ0n) is 9.75. The van der Waals surface area contributed by atoms with Crippen molar-refractivity contribution < 1.29 is 14.2 Å². The summed E-state index contributed by atoms with van der Waals surface area (Å²) in [5.74, 6) is 0.00548. The van der Waals surface area contributed by atoms with E-state index in [9.17, 15) is 4.39 Å². The Kier molecular flexibility index (Phi) is 2.80. The Hall–Kier alpha value is -1.51. The third-order valence-electron chi connectivity index (χ3n) is 3.06. The Morgan fingerprint density at radius 3 is 3.11 bits per heavy atom. The van der Waals surface area contributed by atoms with Crippen molar-refractivity contribution in [3.63, 3.8) is 0 Å². The molecule has 3 N–H and O–H groups in total. The average Bonchev–Trinajstić information content (AvgIpc) is 2.94. The fraction of sp³-hybridized carbons (Fsp3) is 0.500. The number of ether oxygens (including phenoxy) is 1. The first kappa shape index (κ1) is 12.5. The molecule has 3 heterocycles. The molecule has 0 spiro atoms. The van der Waals surface area contributed by atoms with Crippen LogP contribution in [0.3, 0.4) is 0 Å². The molecule has 2 atom stereocenters. The van der Waals surface area contributed by atoms with E-state index >= 15 is 0 Å². The van der Waals surface area contributed by atoms with Crippen LogP contribution >= 0.6 is 11.6 Å². The van der Waals surface area contributed by atoms with E-state index in [0.29, 0.717) is 11.2 Å². The average molecular weight is 288 g/mol. The second kappa shape index (κ2) is 4.26. The number of aliphatic hydroxyl groups is 1. The van der Waals surface area contributed by atoms with Crippen LogP contribution in [0.15, 0.2) is 6.33 Å². The summed E-state index contributed by atoms with van der Waals surface area (Å²) < 4.78 is 20.8. The topological polar surface area (TPSA) is 99.1 Å². The van der Waals surface area contributed by atoms with Gasteiger partial charge in [-0.2, -0.15) is 9.97 Å². The molecule has 1 fully saturated rings. The van der Waals surface area contributed by atoms with Gasteiger partial charge in [-0.1, -0.05) is 11.6 Å². The Bertz CT molecular complexity index is 636. The number of halogens is 2. The van der Waals surface area contributed by atoms with Gasteiger partial charge in [0.2, 0.25) is 5.95 Å². The van der Waals surface area contributed by atoms with Gasteiger partial charge in [-0.05, 0) is 0 Å². The van der Waals surface area contributed by atoms with E-state index in [1.165, 1.54) is 10.9 Å². The third kappa shape index (κ3) is 2.01. The summed E-state index contributed by atoms with van der Waals surface area (Å²) in [6.45, 7) is -0.768. The second-order valence-electron chi connectivity index (χ2n) is 4.48. The van der Waals surface area contributed by atoms with Gasteiger partial charge in [-0.25, -0.2) is 9.37 Å². The molecule has 0 bridgehead atoms. The molecule has 1 aliphatic heterocycles. The Labute approximate surface area is 112 Å². The fourth-order valence-electron chi connectivity index (χ4n) is 2.07. The zero-order valence-corrected chi connectivity index (χ0v) is 10.5. The molecule has 0 aliphatic carbocycles. The van der Waals surface area contributed by atoms with Crippen molar-refractivity contribution in [1.29, 1.82) is 0 Å². The van der Waals surface area contributed by atoms with E-state index in [1.807, 2.05) is 0 Å². The number of aromatic nitrogens is 4. The minimum Gasteiger partial charge on any atom is -0.393 e. The monoisotopic (exact) mass is 287 g/mol. The number of nitrogens with two attached hydrogens (primary N) is 1. The van der Waals surface area contributed by atoms with Crippen LogP contribution in [0.25, 0.3) is 11.2 Å². The Morgan fingerprint density at radius 2 is 2.42 bits per heavy atom. The molecular formula is C10H11ClFN5O2. The molecule has 0 saturated carbocycles. The molecule has 0 amide bonds. The molecule has 2 aromatic rings. The molecule has 1 saturated heterocycles. The molecular weight excluding hydrogens is 277 g/mol. The summed E-state index contributed by atoms with van der Waals surface area (Å²) in [5, 5.41) is 9.13. The SMILES string of the molecule is Nc1nc(Cl)c2ncn([C@H]3C[C@@](F)(CO)CO3)c2n1. The minimum absolute atomic E-state index is 0.00548. The summed E-state index contributed by atoms with van der Waals surface area (Å²) in [7, 11) is 0. The van der Waals surface area contributed by atoms with Gasteiger partial charge in [0.1, 0.15) is 11.7 Å². The summed E-state index contributed by atoms with van der Waals surface area (Å²) in [6.07, 6.45) is 0.849. The first-order valence-electron chi connectivity index (χ1n) is 5.59. The normalized spacial score (nSPS) is 27.2. The lowest BCUT2D eigenvalue weighted by atomic mass is 10.1. The van der Waals surface area contributed by atoms with Gasteiger partial charge in [-0.15, -0.1) is 0 Å². The molecule has 19 heavy (non-hydrogen) atoms. The molecule has 0 unspecified atom stereocenters. The van der Waals surface area contributed by atoms with Gasteiger partial charge < -0.3 is 15.6 Å². The van der Waals surface area contributed by atoms with E-state index in [2.05, 4.69) is 15.0 Å². The van der Waals surface area contributed by atoms with Gasteiger partial charge >= 0.3 is 0 Å². The number of hydrogen-bond donors (Lipinski definition) is 2. The van der Waals surface area contributed by atoms with Crippen molar-refractivity contribution >= 4 is 28.7 Å². The zero-order chi connectivity index (χ0) is 13.6. The minimum atomic E-state index is -1.75. The summed E-state index contributed by atoms with van der Waals surface area (Å²) >= 11 is 5.90.